The van der Waals surface area contributed by atoms with Gasteiger partial charge in [-0.3, -0.25) is 19.1 Å². The van der Waals surface area contributed by atoms with Crippen LogP contribution in [0, 0.1) is 6.92 Å². The van der Waals surface area contributed by atoms with Crippen molar-refractivity contribution in [1.29, 1.82) is 0 Å². The van der Waals surface area contributed by atoms with Gasteiger partial charge in [0.25, 0.3) is 5.56 Å². The highest BCUT2D eigenvalue weighted by Crippen LogP contribution is 2.30. The van der Waals surface area contributed by atoms with Crippen molar-refractivity contribution >= 4 is 33.1 Å². The highest BCUT2D eigenvalue weighted by molar-refractivity contribution is 7.17. The van der Waals surface area contributed by atoms with E-state index in [1.807, 2.05) is 36.6 Å². The minimum Gasteiger partial charge on any atom is -0.326 e. The molecule has 1 amide bonds. The summed E-state index contributed by atoms with van der Waals surface area (Å²) in [5, 5.41) is 5.36. The van der Waals surface area contributed by atoms with Gasteiger partial charge in [-0.15, -0.1) is 11.3 Å². The Bertz CT molecular complexity index is 1180. The molecular formula is C21H18N4O2S. The average Bonchev–Trinajstić information content (AvgIpc) is 3.14. The topological polar surface area (TPSA) is 76.9 Å². The van der Waals surface area contributed by atoms with Crippen LogP contribution >= 0.6 is 11.3 Å². The van der Waals surface area contributed by atoms with Crippen LogP contribution in [-0.2, 0) is 11.3 Å². The molecule has 1 aromatic carbocycles. The summed E-state index contributed by atoms with van der Waals surface area (Å²) in [4.78, 5) is 34.2. The normalized spacial score (nSPS) is 10.9. The van der Waals surface area contributed by atoms with E-state index in [0.717, 1.165) is 11.1 Å². The van der Waals surface area contributed by atoms with Crippen molar-refractivity contribution in [2.24, 2.45) is 0 Å². The molecule has 6 nitrogen and oxygen atoms in total. The molecule has 1 N–H and O–H groups in total. The molecule has 0 saturated heterocycles. The first-order valence-corrected chi connectivity index (χ1v) is 9.73. The van der Waals surface area contributed by atoms with E-state index in [1.54, 1.807) is 24.5 Å². The lowest BCUT2D eigenvalue weighted by Crippen LogP contribution is -2.23. The Morgan fingerprint density at radius 1 is 1.14 bits per heavy atom. The highest BCUT2D eigenvalue weighted by Gasteiger charge is 2.14. The summed E-state index contributed by atoms with van der Waals surface area (Å²) >= 11 is 1.45. The maximum absolute atomic E-state index is 13.0. The summed E-state index contributed by atoms with van der Waals surface area (Å²) < 4.78 is 1.50. The molecule has 3 aromatic heterocycles. The molecule has 0 radical (unpaired) electrons. The van der Waals surface area contributed by atoms with Gasteiger partial charge in [0.05, 0.1) is 11.7 Å². The predicted molar refractivity (Wildman–Crippen MR) is 112 cm³/mol. The van der Waals surface area contributed by atoms with Gasteiger partial charge in [0.2, 0.25) is 5.91 Å². The van der Waals surface area contributed by atoms with Crippen LogP contribution in [0.2, 0.25) is 0 Å². The van der Waals surface area contributed by atoms with Crippen LogP contribution in [0.25, 0.3) is 21.3 Å². The molecule has 0 saturated carbocycles. The Hall–Kier alpha value is -3.32. The first-order valence-electron chi connectivity index (χ1n) is 8.85. The molecule has 7 heteroatoms. The number of carbonyl (C=O) groups excluding carboxylic acids is 1. The molecule has 0 atom stereocenters. The average molecular weight is 390 g/mol. The zero-order valence-electron chi connectivity index (χ0n) is 15.3. The fourth-order valence-electron chi connectivity index (χ4n) is 2.95. The van der Waals surface area contributed by atoms with Crippen LogP contribution in [0.5, 0.6) is 0 Å². The third-order valence-electron chi connectivity index (χ3n) is 4.47. The van der Waals surface area contributed by atoms with Crippen molar-refractivity contribution in [3.63, 3.8) is 0 Å². The number of fused-ring (bicyclic) bond motifs is 1. The third kappa shape index (κ3) is 3.70. The van der Waals surface area contributed by atoms with E-state index >= 15 is 0 Å². The van der Waals surface area contributed by atoms with Crippen LogP contribution in [0.1, 0.15) is 12.0 Å². The number of thiophene rings is 1. The van der Waals surface area contributed by atoms with Gasteiger partial charge < -0.3 is 5.32 Å². The number of anilines is 1. The molecule has 0 aliphatic rings. The molecule has 0 fully saturated rings. The van der Waals surface area contributed by atoms with Crippen LogP contribution in [0.3, 0.4) is 0 Å². The lowest BCUT2D eigenvalue weighted by molar-refractivity contribution is -0.116. The van der Waals surface area contributed by atoms with Crippen LogP contribution in [-0.4, -0.2) is 20.4 Å². The zero-order chi connectivity index (χ0) is 19.5. The summed E-state index contributed by atoms with van der Waals surface area (Å²) in [6.07, 6.45) is 4.92. The number of pyridine rings is 1. The van der Waals surface area contributed by atoms with Gasteiger partial charge >= 0.3 is 0 Å². The first-order chi connectivity index (χ1) is 13.6. The molecule has 0 unspecified atom stereocenters. The van der Waals surface area contributed by atoms with Gasteiger partial charge in [-0.05, 0) is 24.6 Å². The van der Waals surface area contributed by atoms with Crippen molar-refractivity contribution in [2.75, 3.05) is 5.32 Å². The minimum atomic E-state index is -0.165. The number of hydrogen-bond acceptors (Lipinski definition) is 5. The van der Waals surface area contributed by atoms with Gasteiger partial charge in [-0.2, -0.15) is 0 Å². The lowest BCUT2D eigenvalue weighted by atomic mass is 10.1. The maximum Gasteiger partial charge on any atom is 0.262 e. The van der Waals surface area contributed by atoms with E-state index in [9.17, 15) is 9.59 Å². The van der Waals surface area contributed by atoms with E-state index < -0.39 is 0 Å². The molecular weight excluding hydrogens is 372 g/mol. The van der Waals surface area contributed by atoms with Crippen molar-refractivity contribution in [3.05, 3.63) is 76.4 Å². The second-order valence-corrected chi connectivity index (χ2v) is 7.33. The molecule has 28 heavy (non-hydrogen) atoms. The molecule has 0 aliphatic heterocycles. The van der Waals surface area contributed by atoms with Crippen molar-refractivity contribution in [3.8, 4) is 11.1 Å². The third-order valence-corrected chi connectivity index (χ3v) is 5.35. The fourth-order valence-corrected chi connectivity index (χ4v) is 3.86. The maximum atomic E-state index is 13.0. The molecule has 4 rings (SSSR count). The largest absolute Gasteiger partial charge is 0.326 e. The Labute approximate surface area is 165 Å². The van der Waals surface area contributed by atoms with Gasteiger partial charge in [0.1, 0.15) is 4.83 Å². The van der Waals surface area contributed by atoms with Crippen LogP contribution < -0.4 is 10.9 Å². The molecule has 4 aromatic rings. The molecule has 0 spiro atoms. The monoisotopic (exact) mass is 390 g/mol. The van der Waals surface area contributed by atoms with Gasteiger partial charge in [0.15, 0.2) is 0 Å². The van der Waals surface area contributed by atoms with E-state index in [0.29, 0.717) is 15.9 Å². The minimum absolute atomic E-state index is 0.126. The predicted octanol–water partition coefficient (Wildman–Crippen LogP) is 3.86. The summed E-state index contributed by atoms with van der Waals surface area (Å²) in [5.74, 6) is -0.165. The number of hydrogen-bond donors (Lipinski definition) is 1. The summed E-state index contributed by atoms with van der Waals surface area (Å²) in [7, 11) is 0. The zero-order valence-corrected chi connectivity index (χ0v) is 16.1. The Kier molecular flexibility index (Phi) is 4.99. The number of nitrogens with zero attached hydrogens (tertiary/aromatic N) is 3. The number of carbonyl (C=O) groups is 1. The van der Waals surface area contributed by atoms with Crippen molar-refractivity contribution in [2.45, 2.75) is 19.9 Å². The number of aryl methyl sites for hydroxylation is 2. The van der Waals surface area contributed by atoms with Crippen molar-refractivity contribution < 1.29 is 4.79 Å². The smallest absolute Gasteiger partial charge is 0.262 e. The van der Waals surface area contributed by atoms with Gasteiger partial charge in [-0.1, -0.05) is 29.8 Å². The SMILES string of the molecule is Cc1ccc(-c2csc3ncn(CCC(=O)Nc4ccncc4)c(=O)c23)cc1. The first kappa shape index (κ1) is 18.1. The van der Waals surface area contributed by atoms with Crippen LogP contribution in [0.15, 0.2) is 65.3 Å². The molecule has 0 bridgehead atoms. The van der Waals surface area contributed by atoms with Crippen LogP contribution in [0.4, 0.5) is 5.69 Å². The summed E-state index contributed by atoms with van der Waals surface area (Å²) in [6.45, 7) is 2.29. The van der Waals surface area contributed by atoms with E-state index in [4.69, 9.17) is 0 Å². The second-order valence-electron chi connectivity index (χ2n) is 6.47. The Morgan fingerprint density at radius 2 is 1.89 bits per heavy atom. The number of aromatic nitrogens is 3. The second kappa shape index (κ2) is 7.74. The number of benzene rings is 1. The standard InChI is InChI=1S/C21H18N4O2S/c1-14-2-4-15(5-3-14)17-12-28-20-19(17)21(27)25(13-23-20)11-8-18(26)24-16-6-9-22-10-7-16/h2-7,9-10,12-13H,8,11H2,1H3,(H,22,24,26). The van der Waals surface area contributed by atoms with E-state index in [1.165, 1.54) is 27.8 Å². The quantitative estimate of drug-likeness (QED) is 0.561. The van der Waals surface area contributed by atoms with Crippen molar-refractivity contribution in [1.82, 2.24) is 14.5 Å². The number of amides is 1. The van der Waals surface area contributed by atoms with E-state index in [2.05, 4.69) is 15.3 Å². The fraction of sp³-hybridized carbons (Fsp3) is 0.143. The number of nitrogens with one attached hydrogen (secondary N) is 1. The molecule has 0 aliphatic carbocycles. The summed E-state index contributed by atoms with van der Waals surface area (Å²) in [5.41, 5.74) is 3.59. The highest BCUT2D eigenvalue weighted by atomic mass is 32.1. The molecule has 3 heterocycles. The Morgan fingerprint density at radius 3 is 2.64 bits per heavy atom. The van der Waals surface area contributed by atoms with Gasteiger partial charge in [0, 0.05) is 42.0 Å². The Balaban J connectivity index is 1.57. The number of rotatable bonds is 5. The molecule has 140 valence electrons. The lowest BCUT2D eigenvalue weighted by Gasteiger charge is -2.07. The summed E-state index contributed by atoms with van der Waals surface area (Å²) in [6, 6.07) is 11.5. The van der Waals surface area contributed by atoms with Gasteiger partial charge in [-0.25, -0.2) is 4.98 Å². The van der Waals surface area contributed by atoms with E-state index in [-0.39, 0.29) is 24.4 Å².